The summed E-state index contributed by atoms with van der Waals surface area (Å²) < 4.78 is 61.5. The number of halogens is 1. The van der Waals surface area contributed by atoms with Crippen LogP contribution in [0.25, 0.3) is 10.8 Å². The minimum atomic E-state index is -4.69. The molecule has 0 spiro atoms. The Kier molecular flexibility index (Phi) is 8.18. The molecule has 0 radical (unpaired) electrons. The quantitative estimate of drug-likeness (QED) is 0.488. The third-order valence-electron chi connectivity index (χ3n) is 3.71. The molecule has 0 heterocycles. The Labute approximate surface area is 167 Å². The second-order valence-corrected chi connectivity index (χ2v) is 9.86. The summed E-state index contributed by atoms with van der Waals surface area (Å²) >= 11 is 0. The molecule has 0 fully saturated rings. The van der Waals surface area contributed by atoms with Gasteiger partial charge in [0.25, 0.3) is 0 Å². The Balaban J connectivity index is 0.000000696. The standard InChI is InChI=1S/C17H26N3O2S.ClHO4/c1-19(2)16-10-6-9-15-14(16)8-7-11-17(15)23(21,22)18-12-13-20(3,4)5;2-1(3,4)5/h6-11,18H,12-13H2,1-5H3;(H,2,3,4,5)/q+1;. The van der Waals surface area contributed by atoms with Crippen LogP contribution in [-0.2, 0) is 10.0 Å². The van der Waals surface area contributed by atoms with Crippen molar-refractivity contribution in [3.05, 3.63) is 36.4 Å². The Morgan fingerprint density at radius 2 is 1.54 bits per heavy atom. The average molecular weight is 437 g/mol. The van der Waals surface area contributed by atoms with Crippen LogP contribution in [0.1, 0.15) is 0 Å². The largest absolute Gasteiger partial charge is 0.377 e. The predicted molar refractivity (Wildman–Crippen MR) is 98.6 cm³/mol. The van der Waals surface area contributed by atoms with Gasteiger partial charge in [-0.15, -0.1) is 0 Å². The van der Waals surface area contributed by atoms with Gasteiger partial charge in [-0.1, -0.05) is 24.3 Å². The lowest BCUT2D eigenvalue weighted by molar-refractivity contribution is -1.92. The maximum Gasteiger partial charge on any atom is 0.241 e. The van der Waals surface area contributed by atoms with E-state index in [0.29, 0.717) is 15.9 Å². The summed E-state index contributed by atoms with van der Waals surface area (Å²) in [5.41, 5.74) is 1.01. The topological polar surface area (TPSA) is 139 Å². The molecule has 11 heteroatoms. The molecule has 2 aromatic carbocycles. The maximum absolute atomic E-state index is 12.7. The zero-order chi connectivity index (χ0) is 21.8. The number of benzene rings is 2. The van der Waals surface area contributed by atoms with Gasteiger partial charge in [0.1, 0.15) is 0 Å². The summed E-state index contributed by atoms with van der Waals surface area (Å²) in [7, 11) is 1.79. The highest BCUT2D eigenvalue weighted by atomic mass is 35.7. The molecule has 2 N–H and O–H groups in total. The lowest BCUT2D eigenvalue weighted by Gasteiger charge is -2.24. The number of nitrogens with one attached hydrogen (secondary N) is 1. The number of sulfonamides is 1. The molecule has 0 aromatic heterocycles. The number of quaternary nitrogens is 1. The number of hydrogen-bond donors (Lipinski definition) is 2. The molecule has 0 amide bonds. The van der Waals surface area contributed by atoms with E-state index in [1.165, 1.54) is 0 Å². The average Bonchev–Trinajstić information content (AvgIpc) is 2.50. The van der Waals surface area contributed by atoms with Gasteiger partial charge in [-0.05, 0) is 12.1 Å². The van der Waals surface area contributed by atoms with E-state index in [2.05, 4.69) is 4.72 Å². The van der Waals surface area contributed by atoms with Gasteiger partial charge < -0.3 is 9.38 Å². The lowest BCUT2D eigenvalue weighted by atomic mass is 10.1. The van der Waals surface area contributed by atoms with E-state index in [4.69, 9.17) is 18.6 Å². The summed E-state index contributed by atoms with van der Waals surface area (Å²) in [5, 5.41) is 1.68. The van der Waals surface area contributed by atoms with Gasteiger partial charge in [-0.2, -0.15) is 14.0 Å². The van der Waals surface area contributed by atoms with Crippen LogP contribution in [0, 0.1) is 10.2 Å². The Morgan fingerprint density at radius 1 is 1.04 bits per heavy atom. The van der Waals surface area contributed by atoms with Crippen LogP contribution < -0.4 is 23.6 Å². The normalized spacial score (nSPS) is 12.5. The summed E-state index contributed by atoms with van der Waals surface area (Å²) in [6, 6.07) is 11.2. The predicted octanol–water partition coefficient (Wildman–Crippen LogP) is -2.23. The van der Waals surface area contributed by atoms with Crippen molar-refractivity contribution < 1.29 is 41.8 Å². The van der Waals surface area contributed by atoms with Gasteiger partial charge in [0.2, 0.25) is 10.0 Å². The fourth-order valence-electron chi connectivity index (χ4n) is 2.48. The van der Waals surface area contributed by atoms with Crippen molar-refractivity contribution in [3.8, 4) is 0 Å². The molecule has 0 unspecified atom stereocenters. The zero-order valence-corrected chi connectivity index (χ0v) is 18.1. The van der Waals surface area contributed by atoms with E-state index >= 15 is 0 Å². The monoisotopic (exact) mass is 436 g/mol. The highest BCUT2D eigenvalue weighted by molar-refractivity contribution is 7.89. The van der Waals surface area contributed by atoms with Crippen molar-refractivity contribution in [1.29, 1.82) is 0 Å². The summed E-state index contributed by atoms with van der Waals surface area (Å²) in [6.07, 6.45) is 0. The van der Waals surface area contributed by atoms with Gasteiger partial charge in [-0.25, -0.2) is 13.1 Å². The first-order valence-corrected chi connectivity index (χ1v) is 11.0. The number of fused-ring (bicyclic) bond motifs is 1. The van der Waals surface area contributed by atoms with Crippen molar-refractivity contribution in [2.45, 2.75) is 4.90 Å². The first kappa shape index (κ1) is 24.5. The van der Waals surface area contributed by atoms with E-state index in [9.17, 15) is 8.42 Å². The molecule has 158 valence electrons. The van der Waals surface area contributed by atoms with Gasteiger partial charge in [-0.3, -0.25) is 0 Å². The number of rotatable bonds is 6. The number of nitrogens with zero attached hydrogens (tertiary/aromatic N) is 2. The van der Waals surface area contributed by atoms with E-state index in [-0.39, 0.29) is 0 Å². The molecule has 0 aliphatic carbocycles. The molecular formula is C17H27ClN3O6S+. The van der Waals surface area contributed by atoms with Gasteiger partial charge in [0.05, 0.1) is 54.0 Å². The fourth-order valence-corrected chi connectivity index (χ4v) is 3.72. The third-order valence-corrected chi connectivity index (χ3v) is 5.22. The van der Waals surface area contributed by atoms with Crippen LogP contribution in [0.15, 0.2) is 41.3 Å². The van der Waals surface area contributed by atoms with E-state index in [1.54, 1.807) is 12.1 Å². The van der Waals surface area contributed by atoms with Crippen LogP contribution in [0.5, 0.6) is 0 Å². The molecule has 0 bridgehead atoms. The van der Waals surface area contributed by atoms with Crippen LogP contribution in [-0.4, -0.2) is 65.9 Å². The summed E-state index contributed by atoms with van der Waals surface area (Å²) in [6.45, 7) is 1.14. The Bertz CT molecular complexity index is 886. The summed E-state index contributed by atoms with van der Waals surface area (Å²) in [4.78, 5) is 2.32. The molecule has 0 aliphatic heterocycles. The van der Waals surface area contributed by atoms with Gasteiger partial charge in [0, 0.05) is 30.6 Å². The van der Waals surface area contributed by atoms with Crippen LogP contribution >= 0.6 is 0 Å². The first-order valence-electron chi connectivity index (χ1n) is 8.24. The van der Waals surface area contributed by atoms with E-state index < -0.39 is 20.3 Å². The third kappa shape index (κ3) is 8.25. The second-order valence-electron chi connectivity index (χ2n) is 7.33. The fraction of sp³-hybridized carbons (Fsp3) is 0.412. The van der Waals surface area contributed by atoms with Gasteiger partial charge in [0.15, 0.2) is 0 Å². The minimum absolute atomic E-state index is 0.333. The molecule has 9 nitrogen and oxygen atoms in total. The molecule has 0 atom stereocenters. The molecule has 2 aromatic rings. The Morgan fingerprint density at radius 3 is 2.04 bits per heavy atom. The van der Waals surface area contributed by atoms with Crippen LogP contribution in [0.3, 0.4) is 0 Å². The molecule has 0 saturated heterocycles. The Hall–Kier alpha value is -1.50. The van der Waals surface area contributed by atoms with Crippen molar-refractivity contribution in [1.82, 2.24) is 4.72 Å². The highest BCUT2D eigenvalue weighted by Crippen LogP contribution is 2.29. The molecule has 2 rings (SSSR count). The van der Waals surface area contributed by atoms with Gasteiger partial charge >= 0.3 is 0 Å². The SMILES string of the molecule is CN(C)c1cccc2c(S(=O)(=O)NCC[N+](C)(C)C)cccc12.[O-][Cl+3]([O-])([O-])O. The van der Waals surface area contributed by atoms with Crippen molar-refractivity contribution in [2.75, 3.05) is 53.2 Å². The molecule has 0 aliphatic rings. The maximum atomic E-state index is 12.7. The molecule has 0 saturated carbocycles. The lowest BCUT2D eigenvalue weighted by Crippen LogP contribution is -2.58. The van der Waals surface area contributed by atoms with Crippen LogP contribution in [0.2, 0.25) is 0 Å². The second kappa shape index (κ2) is 9.33. The zero-order valence-electron chi connectivity index (χ0n) is 16.5. The number of hydrogen-bond acceptors (Lipinski definition) is 7. The van der Waals surface area contributed by atoms with Crippen LogP contribution in [0.4, 0.5) is 5.69 Å². The molecule has 28 heavy (non-hydrogen) atoms. The number of anilines is 1. The summed E-state index contributed by atoms with van der Waals surface area (Å²) in [5.74, 6) is 0. The smallest absolute Gasteiger partial charge is 0.241 e. The van der Waals surface area contributed by atoms with Crippen molar-refractivity contribution >= 4 is 26.5 Å². The van der Waals surface area contributed by atoms with E-state index in [0.717, 1.165) is 23.0 Å². The first-order chi connectivity index (χ1) is 12.6. The highest BCUT2D eigenvalue weighted by Gasteiger charge is 2.19. The van der Waals surface area contributed by atoms with E-state index in [1.807, 2.05) is 64.4 Å². The molecular weight excluding hydrogens is 410 g/mol. The van der Waals surface area contributed by atoms with Crippen molar-refractivity contribution in [2.24, 2.45) is 0 Å². The van der Waals surface area contributed by atoms with Crippen molar-refractivity contribution in [3.63, 3.8) is 0 Å². The number of likely N-dealkylation sites (N-methyl/N-ethyl adjacent to an activating group) is 1. The minimum Gasteiger partial charge on any atom is -0.377 e.